The fourth-order valence-corrected chi connectivity index (χ4v) is 1.83. The summed E-state index contributed by atoms with van der Waals surface area (Å²) in [6, 6.07) is 4.48. The van der Waals surface area contributed by atoms with Crippen LogP contribution in [0.5, 0.6) is 0 Å². The molecule has 0 saturated carbocycles. The lowest BCUT2D eigenvalue weighted by atomic mass is 10.1. The molecule has 0 amide bonds. The first-order valence-corrected chi connectivity index (χ1v) is 5.09. The molecule has 4 nitrogen and oxygen atoms in total. The number of anilines is 1. The van der Waals surface area contributed by atoms with Crippen LogP contribution >= 0.6 is 0 Å². The van der Waals surface area contributed by atoms with Crippen molar-refractivity contribution in [2.75, 3.05) is 25.0 Å². The van der Waals surface area contributed by atoms with Gasteiger partial charge < -0.3 is 10.2 Å². The molecule has 1 unspecified atom stereocenters. The van der Waals surface area contributed by atoms with Gasteiger partial charge in [-0.1, -0.05) is 0 Å². The van der Waals surface area contributed by atoms with Crippen molar-refractivity contribution >= 4 is 5.82 Å². The van der Waals surface area contributed by atoms with Crippen LogP contribution < -0.4 is 10.2 Å². The van der Waals surface area contributed by atoms with Gasteiger partial charge in [0.1, 0.15) is 0 Å². The number of nitrogens with zero attached hydrogens (tertiary/aromatic N) is 3. The van der Waals surface area contributed by atoms with Crippen molar-refractivity contribution in [3.8, 4) is 0 Å². The minimum atomic E-state index is 0.556. The van der Waals surface area contributed by atoms with Gasteiger partial charge in [-0.2, -0.15) is 5.10 Å². The van der Waals surface area contributed by atoms with E-state index < -0.39 is 0 Å². The summed E-state index contributed by atoms with van der Waals surface area (Å²) in [5.41, 5.74) is 0. The molecule has 76 valence electrons. The molecule has 1 aliphatic heterocycles. The van der Waals surface area contributed by atoms with E-state index in [0.717, 1.165) is 18.9 Å². The van der Waals surface area contributed by atoms with Gasteiger partial charge in [0, 0.05) is 25.8 Å². The van der Waals surface area contributed by atoms with Crippen molar-refractivity contribution in [1.29, 1.82) is 0 Å². The van der Waals surface area contributed by atoms with E-state index in [-0.39, 0.29) is 0 Å². The number of aromatic nitrogens is 2. The molecule has 1 aliphatic rings. The number of piperidine rings is 1. The standard InChI is InChI=1S/C10H16N4/c1-14(9-4-2-6-11-8-9)10-5-3-7-12-13-10/h3,5,7,9,11H,2,4,6,8H2,1H3. The molecule has 1 atom stereocenters. The molecule has 2 rings (SSSR count). The van der Waals surface area contributed by atoms with Crippen molar-refractivity contribution in [2.24, 2.45) is 0 Å². The molecule has 0 aliphatic carbocycles. The molecule has 0 bridgehead atoms. The van der Waals surface area contributed by atoms with Crippen LogP contribution in [0.25, 0.3) is 0 Å². The Morgan fingerprint density at radius 3 is 3.14 bits per heavy atom. The Kier molecular flexibility index (Phi) is 2.93. The predicted octanol–water partition coefficient (Wildman–Crippen LogP) is 0.665. The summed E-state index contributed by atoms with van der Waals surface area (Å²) in [5, 5.41) is 11.4. The summed E-state index contributed by atoms with van der Waals surface area (Å²) >= 11 is 0. The van der Waals surface area contributed by atoms with Crippen molar-refractivity contribution in [1.82, 2.24) is 15.5 Å². The first-order valence-electron chi connectivity index (χ1n) is 5.09. The van der Waals surface area contributed by atoms with Gasteiger partial charge in [-0.3, -0.25) is 0 Å². The van der Waals surface area contributed by atoms with E-state index in [0.29, 0.717) is 6.04 Å². The van der Waals surface area contributed by atoms with Crippen LogP contribution in [0.2, 0.25) is 0 Å². The lowest BCUT2D eigenvalue weighted by molar-refractivity contribution is 0.442. The zero-order chi connectivity index (χ0) is 9.80. The summed E-state index contributed by atoms with van der Waals surface area (Å²) in [4.78, 5) is 2.21. The first kappa shape index (κ1) is 9.40. The van der Waals surface area contributed by atoms with E-state index in [4.69, 9.17) is 0 Å². The second kappa shape index (κ2) is 4.37. The van der Waals surface area contributed by atoms with Crippen LogP contribution in [0.3, 0.4) is 0 Å². The highest BCUT2D eigenvalue weighted by molar-refractivity contribution is 5.36. The van der Waals surface area contributed by atoms with Crippen LogP contribution in [0.1, 0.15) is 12.8 Å². The Balaban J connectivity index is 2.03. The molecular formula is C10H16N4. The van der Waals surface area contributed by atoms with Crippen LogP contribution in [0.4, 0.5) is 5.82 Å². The Hall–Kier alpha value is -1.16. The molecule has 0 spiro atoms. The number of nitrogens with one attached hydrogen (secondary N) is 1. The smallest absolute Gasteiger partial charge is 0.151 e. The van der Waals surface area contributed by atoms with Crippen molar-refractivity contribution in [2.45, 2.75) is 18.9 Å². The Morgan fingerprint density at radius 2 is 2.50 bits per heavy atom. The van der Waals surface area contributed by atoms with Gasteiger partial charge in [-0.15, -0.1) is 5.10 Å². The van der Waals surface area contributed by atoms with E-state index in [1.165, 1.54) is 12.8 Å². The Bertz CT molecular complexity index is 269. The third-order valence-corrected chi connectivity index (χ3v) is 2.74. The molecule has 2 heterocycles. The second-order valence-corrected chi connectivity index (χ2v) is 3.69. The van der Waals surface area contributed by atoms with E-state index in [1.54, 1.807) is 6.20 Å². The molecule has 1 saturated heterocycles. The van der Waals surface area contributed by atoms with Crippen molar-refractivity contribution in [3.63, 3.8) is 0 Å². The van der Waals surface area contributed by atoms with E-state index in [1.807, 2.05) is 12.1 Å². The molecule has 4 heteroatoms. The summed E-state index contributed by atoms with van der Waals surface area (Å²) in [7, 11) is 2.08. The van der Waals surface area contributed by atoms with Gasteiger partial charge in [0.15, 0.2) is 5.82 Å². The SMILES string of the molecule is CN(c1cccnn1)C1CCCNC1. The predicted molar refractivity (Wildman–Crippen MR) is 56.3 cm³/mol. The maximum absolute atomic E-state index is 4.10. The lowest BCUT2D eigenvalue weighted by Gasteiger charge is -2.32. The molecule has 14 heavy (non-hydrogen) atoms. The van der Waals surface area contributed by atoms with Crippen molar-refractivity contribution in [3.05, 3.63) is 18.3 Å². The van der Waals surface area contributed by atoms with Crippen LogP contribution in [0.15, 0.2) is 18.3 Å². The van der Waals surface area contributed by atoms with Crippen molar-refractivity contribution < 1.29 is 0 Å². The molecule has 0 aromatic carbocycles. The zero-order valence-corrected chi connectivity index (χ0v) is 8.48. The minimum Gasteiger partial charge on any atom is -0.354 e. The molecule has 0 radical (unpaired) electrons. The molecular weight excluding hydrogens is 176 g/mol. The summed E-state index contributed by atoms with van der Waals surface area (Å²) in [6.07, 6.45) is 4.19. The summed E-state index contributed by atoms with van der Waals surface area (Å²) in [6.45, 7) is 2.19. The molecule has 1 fully saturated rings. The molecule has 1 N–H and O–H groups in total. The van der Waals surface area contributed by atoms with Gasteiger partial charge in [0.05, 0.1) is 0 Å². The van der Waals surface area contributed by atoms with Gasteiger partial charge in [0.2, 0.25) is 0 Å². The quantitative estimate of drug-likeness (QED) is 0.747. The number of rotatable bonds is 2. The zero-order valence-electron chi connectivity index (χ0n) is 8.48. The number of hydrogen-bond donors (Lipinski definition) is 1. The second-order valence-electron chi connectivity index (χ2n) is 3.69. The fraction of sp³-hybridized carbons (Fsp3) is 0.600. The fourth-order valence-electron chi connectivity index (χ4n) is 1.83. The number of hydrogen-bond acceptors (Lipinski definition) is 4. The topological polar surface area (TPSA) is 41.1 Å². The monoisotopic (exact) mass is 192 g/mol. The average Bonchev–Trinajstić information content (AvgIpc) is 2.30. The lowest BCUT2D eigenvalue weighted by Crippen LogP contribution is -2.44. The van der Waals surface area contributed by atoms with Crippen LogP contribution in [-0.4, -0.2) is 36.4 Å². The highest BCUT2D eigenvalue weighted by Crippen LogP contribution is 2.14. The maximum Gasteiger partial charge on any atom is 0.151 e. The highest BCUT2D eigenvalue weighted by atomic mass is 15.3. The minimum absolute atomic E-state index is 0.556. The van der Waals surface area contributed by atoms with Gasteiger partial charge >= 0.3 is 0 Å². The normalized spacial score (nSPS) is 21.9. The largest absolute Gasteiger partial charge is 0.354 e. The Morgan fingerprint density at radius 1 is 1.57 bits per heavy atom. The third-order valence-electron chi connectivity index (χ3n) is 2.74. The van der Waals surface area contributed by atoms with E-state index >= 15 is 0 Å². The van der Waals surface area contributed by atoms with Crippen LogP contribution in [-0.2, 0) is 0 Å². The Labute approximate surface area is 84.3 Å². The molecule has 1 aromatic rings. The van der Waals surface area contributed by atoms with E-state index in [2.05, 4.69) is 27.5 Å². The van der Waals surface area contributed by atoms with Gasteiger partial charge in [-0.25, -0.2) is 0 Å². The average molecular weight is 192 g/mol. The van der Waals surface area contributed by atoms with Gasteiger partial charge in [0.25, 0.3) is 0 Å². The van der Waals surface area contributed by atoms with Crippen LogP contribution in [0, 0.1) is 0 Å². The number of likely N-dealkylation sites (N-methyl/N-ethyl adjacent to an activating group) is 1. The summed E-state index contributed by atoms with van der Waals surface area (Å²) < 4.78 is 0. The van der Waals surface area contributed by atoms with E-state index in [9.17, 15) is 0 Å². The summed E-state index contributed by atoms with van der Waals surface area (Å²) in [5.74, 6) is 0.959. The maximum atomic E-state index is 4.10. The third kappa shape index (κ3) is 2.01. The van der Waals surface area contributed by atoms with Gasteiger partial charge in [-0.05, 0) is 31.5 Å². The first-order chi connectivity index (χ1) is 6.88. The highest BCUT2D eigenvalue weighted by Gasteiger charge is 2.18. The molecule has 1 aromatic heterocycles.